The number of amides is 1. The van der Waals surface area contributed by atoms with Gasteiger partial charge >= 0.3 is 11.6 Å². The van der Waals surface area contributed by atoms with Crippen LogP contribution in [0.4, 0.5) is 4.39 Å². The Balaban J connectivity index is 1.47. The molecule has 0 aliphatic heterocycles. The molecule has 0 bridgehead atoms. The predicted octanol–water partition coefficient (Wildman–Crippen LogP) is 4.12. The third-order valence-corrected chi connectivity index (χ3v) is 4.76. The second-order valence-electron chi connectivity index (χ2n) is 7.04. The zero-order chi connectivity index (χ0) is 22.5. The Bertz CT molecular complexity index is 1350. The maximum atomic E-state index is 13.3. The number of benzene rings is 3. The van der Waals surface area contributed by atoms with Gasteiger partial charge in [0.25, 0.3) is 5.91 Å². The molecule has 4 aromatic rings. The zero-order valence-electron chi connectivity index (χ0n) is 16.8. The number of nitrogens with one attached hydrogen (secondary N) is 1. The summed E-state index contributed by atoms with van der Waals surface area (Å²) in [4.78, 5) is 36.9. The lowest BCUT2D eigenvalue weighted by molar-refractivity contribution is 0.0734. The lowest BCUT2D eigenvalue weighted by Gasteiger charge is -2.07. The van der Waals surface area contributed by atoms with Crippen LogP contribution in [0.2, 0.25) is 0 Å². The van der Waals surface area contributed by atoms with Crippen molar-refractivity contribution in [3.05, 3.63) is 112 Å². The Morgan fingerprint density at radius 3 is 2.53 bits per heavy atom. The second-order valence-corrected chi connectivity index (χ2v) is 7.04. The summed E-state index contributed by atoms with van der Waals surface area (Å²) >= 11 is 0. The number of esters is 1. The summed E-state index contributed by atoms with van der Waals surface area (Å²) in [5.74, 6) is -1.72. The molecule has 0 saturated heterocycles. The number of hydrogen-bond donors (Lipinski definition) is 1. The van der Waals surface area contributed by atoms with Crippen LogP contribution >= 0.6 is 0 Å². The van der Waals surface area contributed by atoms with Gasteiger partial charge in [-0.2, -0.15) is 0 Å². The van der Waals surface area contributed by atoms with E-state index in [0.717, 1.165) is 11.6 Å². The molecule has 0 aliphatic rings. The lowest BCUT2D eigenvalue weighted by atomic mass is 10.1. The van der Waals surface area contributed by atoms with Gasteiger partial charge in [-0.15, -0.1) is 0 Å². The van der Waals surface area contributed by atoms with Gasteiger partial charge in [0.05, 0.1) is 5.56 Å². The van der Waals surface area contributed by atoms with Gasteiger partial charge < -0.3 is 14.5 Å². The third-order valence-electron chi connectivity index (χ3n) is 4.76. The molecule has 0 aliphatic carbocycles. The zero-order valence-corrected chi connectivity index (χ0v) is 16.8. The Labute approximate surface area is 182 Å². The van der Waals surface area contributed by atoms with Crippen LogP contribution in [0, 0.1) is 5.82 Å². The summed E-state index contributed by atoms with van der Waals surface area (Å²) in [5.41, 5.74) is 0.353. The number of rotatable bonds is 6. The van der Waals surface area contributed by atoms with E-state index in [1.165, 1.54) is 36.4 Å². The summed E-state index contributed by atoms with van der Waals surface area (Å²) in [6.07, 6.45) is 0.630. The van der Waals surface area contributed by atoms with E-state index in [0.29, 0.717) is 18.4 Å². The van der Waals surface area contributed by atoms with E-state index in [2.05, 4.69) is 5.32 Å². The van der Waals surface area contributed by atoms with Crippen LogP contribution in [0.25, 0.3) is 11.0 Å². The molecule has 6 nitrogen and oxygen atoms in total. The SMILES string of the molecule is O=C(Oc1ccc2cc(C(=O)NCCc3ccccc3)c(=O)oc2c1)c1cccc(F)c1. The first-order valence-electron chi connectivity index (χ1n) is 9.87. The third kappa shape index (κ3) is 4.89. The van der Waals surface area contributed by atoms with E-state index >= 15 is 0 Å². The molecular weight excluding hydrogens is 413 g/mol. The maximum Gasteiger partial charge on any atom is 0.349 e. The summed E-state index contributed by atoms with van der Waals surface area (Å²) in [7, 11) is 0. The maximum absolute atomic E-state index is 13.3. The van der Waals surface area contributed by atoms with Crippen LogP contribution in [-0.4, -0.2) is 18.4 Å². The number of fused-ring (bicyclic) bond motifs is 1. The predicted molar refractivity (Wildman–Crippen MR) is 116 cm³/mol. The minimum atomic E-state index is -0.802. The molecule has 1 N–H and O–H groups in total. The van der Waals surface area contributed by atoms with Gasteiger partial charge in [0, 0.05) is 18.0 Å². The number of carbonyl (C=O) groups is 2. The summed E-state index contributed by atoms with van der Waals surface area (Å²) in [5, 5.41) is 3.20. The van der Waals surface area contributed by atoms with Crippen molar-refractivity contribution in [3.63, 3.8) is 0 Å². The Hall–Kier alpha value is -4.26. The van der Waals surface area contributed by atoms with Crippen molar-refractivity contribution in [1.82, 2.24) is 5.32 Å². The molecule has 1 amide bonds. The lowest BCUT2D eigenvalue weighted by Crippen LogP contribution is -2.29. The monoisotopic (exact) mass is 431 g/mol. The second kappa shape index (κ2) is 9.26. The topological polar surface area (TPSA) is 85.6 Å². The first-order valence-corrected chi connectivity index (χ1v) is 9.87. The van der Waals surface area contributed by atoms with Crippen molar-refractivity contribution >= 4 is 22.8 Å². The summed E-state index contributed by atoms with van der Waals surface area (Å²) < 4.78 is 23.8. The Morgan fingerprint density at radius 1 is 0.938 bits per heavy atom. The first-order chi connectivity index (χ1) is 15.5. The number of hydrogen-bond acceptors (Lipinski definition) is 5. The quantitative estimate of drug-likeness (QED) is 0.282. The van der Waals surface area contributed by atoms with Crippen LogP contribution < -0.4 is 15.7 Å². The van der Waals surface area contributed by atoms with Crippen molar-refractivity contribution in [2.45, 2.75) is 6.42 Å². The highest BCUT2D eigenvalue weighted by molar-refractivity contribution is 5.97. The molecule has 0 spiro atoms. The molecule has 4 rings (SSSR count). The summed E-state index contributed by atoms with van der Waals surface area (Å²) in [6.45, 7) is 0.370. The van der Waals surface area contributed by atoms with E-state index in [-0.39, 0.29) is 22.5 Å². The smallest absolute Gasteiger partial charge is 0.349 e. The largest absolute Gasteiger partial charge is 0.423 e. The number of halogens is 1. The first kappa shape index (κ1) is 21.0. The fraction of sp³-hybridized carbons (Fsp3) is 0.0800. The van der Waals surface area contributed by atoms with Gasteiger partial charge in [-0.1, -0.05) is 36.4 Å². The fourth-order valence-electron chi connectivity index (χ4n) is 3.16. The van der Waals surface area contributed by atoms with E-state index in [1.807, 2.05) is 30.3 Å². The highest BCUT2D eigenvalue weighted by atomic mass is 19.1. The van der Waals surface area contributed by atoms with Crippen molar-refractivity contribution < 1.29 is 23.1 Å². The molecule has 3 aromatic carbocycles. The fourth-order valence-corrected chi connectivity index (χ4v) is 3.16. The molecule has 1 heterocycles. The highest BCUT2D eigenvalue weighted by Gasteiger charge is 2.15. The normalized spacial score (nSPS) is 10.7. The molecule has 1 aromatic heterocycles. The van der Waals surface area contributed by atoms with Crippen LogP contribution in [0.15, 0.2) is 88.1 Å². The molecule has 0 atom stereocenters. The van der Waals surface area contributed by atoms with Crippen molar-refractivity contribution in [3.8, 4) is 5.75 Å². The van der Waals surface area contributed by atoms with E-state index in [1.54, 1.807) is 6.07 Å². The highest BCUT2D eigenvalue weighted by Crippen LogP contribution is 2.21. The van der Waals surface area contributed by atoms with Crippen LogP contribution in [0.5, 0.6) is 5.75 Å². The van der Waals surface area contributed by atoms with Crippen LogP contribution in [0.1, 0.15) is 26.3 Å². The van der Waals surface area contributed by atoms with Gasteiger partial charge in [-0.05, 0) is 48.4 Å². The molecule has 32 heavy (non-hydrogen) atoms. The Morgan fingerprint density at radius 2 is 1.75 bits per heavy atom. The average molecular weight is 431 g/mol. The van der Waals surface area contributed by atoms with Gasteiger partial charge in [-0.25, -0.2) is 14.0 Å². The summed E-state index contributed by atoms with van der Waals surface area (Å²) in [6, 6.07) is 20.6. The molecule has 160 valence electrons. The molecule has 0 fully saturated rings. The number of carbonyl (C=O) groups excluding carboxylic acids is 2. The Kier molecular flexibility index (Phi) is 6.07. The molecular formula is C25H18FNO5. The molecule has 0 radical (unpaired) electrons. The van der Waals surface area contributed by atoms with E-state index in [4.69, 9.17) is 9.15 Å². The van der Waals surface area contributed by atoms with Gasteiger partial charge in [-0.3, -0.25) is 4.79 Å². The van der Waals surface area contributed by atoms with Crippen LogP contribution in [-0.2, 0) is 6.42 Å². The van der Waals surface area contributed by atoms with Crippen molar-refractivity contribution in [2.24, 2.45) is 0 Å². The van der Waals surface area contributed by atoms with Gasteiger partial charge in [0.2, 0.25) is 0 Å². The van der Waals surface area contributed by atoms with Gasteiger partial charge in [0.1, 0.15) is 22.7 Å². The average Bonchev–Trinajstić information content (AvgIpc) is 2.79. The minimum Gasteiger partial charge on any atom is -0.423 e. The minimum absolute atomic E-state index is 0.0501. The molecule has 7 heteroatoms. The van der Waals surface area contributed by atoms with Gasteiger partial charge in [0.15, 0.2) is 0 Å². The van der Waals surface area contributed by atoms with Crippen molar-refractivity contribution in [1.29, 1.82) is 0 Å². The van der Waals surface area contributed by atoms with E-state index < -0.39 is 23.3 Å². The van der Waals surface area contributed by atoms with Crippen LogP contribution in [0.3, 0.4) is 0 Å². The standard InChI is InChI=1S/C25H18FNO5/c26-19-8-4-7-18(13-19)24(29)31-20-10-9-17-14-21(25(30)32-22(17)15-20)23(28)27-12-11-16-5-2-1-3-6-16/h1-10,13-15H,11-12H2,(H,27,28). The molecule has 0 unspecified atom stereocenters. The number of ether oxygens (including phenoxy) is 1. The molecule has 0 saturated carbocycles. The van der Waals surface area contributed by atoms with Crippen molar-refractivity contribution in [2.75, 3.05) is 6.54 Å². The van der Waals surface area contributed by atoms with E-state index in [9.17, 15) is 18.8 Å².